The van der Waals surface area contributed by atoms with E-state index < -0.39 is 15.6 Å². The topological polar surface area (TPSA) is 156 Å². The van der Waals surface area contributed by atoms with Gasteiger partial charge in [0.1, 0.15) is 0 Å². The lowest BCUT2D eigenvalue weighted by Crippen LogP contribution is -1.66. The van der Waals surface area contributed by atoms with Crippen molar-refractivity contribution in [3.63, 3.8) is 0 Å². The highest BCUT2D eigenvalue weighted by Gasteiger charge is 2.00. The van der Waals surface area contributed by atoms with Gasteiger partial charge in [0.15, 0.2) is 0 Å². The highest BCUT2D eigenvalue weighted by molar-refractivity contribution is 7.45. The van der Waals surface area contributed by atoms with Crippen LogP contribution in [0.4, 0.5) is 0 Å². The molecule has 0 amide bonds. The summed E-state index contributed by atoms with van der Waals surface area (Å²) in [5.41, 5.74) is 0. The van der Waals surface area contributed by atoms with E-state index in [4.69, 9.17) is 38.5 Å². The summed E-state index contributed by atoms with van der Waals surface area (Å²) in [6.07, 6.45) is 0. The average molecular weight is 198 g/mol. The van der Waals surface area contributed by atoms with Crippen LogP contribution in [0.15, 0.2) is 0 Å². The molecule has 0 saturated heterocycles. The van der Waals surface area contributed by atoms with Gasteiger partial charge >= 0.3 is 15.6 Å². The van der Waals surface area contributed by atoms with Crippen molar-refractivity contribution in [3.05, 3.63) is 0 Å². The first kappa shape index (κ1) is 12.9. The molecule has 0 rings (SSSR count). The molecule has 0 unspecified atom stereocenters. The zero-order valence-corrected chi connectivity index (χ0v) is 6.18. The van der Waals surface area contributed by atoms with Gasteiger partial charge < -0.3 is 29.4 Å². The van der Waals surface area contributed by atoms with E-state index >= 15 is 0 Å². The molecule has 10 heavy (non-hydrogen) atoms. The Labute approximate surface area is 56.7 Å². The third-order valence-electron chi connectivity index (χ3n) is 0. The van der Waals surface area contributed by atoms with Crippen LogP contribution in [-0.2, 0) is 9.13 Å². The number of hydrogen-bond acceptors (Lipinski definition) is 2. The van der Waals surface area contributed by atoms with Gasteiger partial charge in [0.25, 0.3) is 0 Å². The number of hydrogen-bond donors (Lipinski definition) is 6. The highest BCUT2D eigenvalue weighted by atomic mass is 31.2. The molecule has 0 aliphatic heterocycles. The van der Waals surface area contributed by atoms with E-state index in [0.29, 0.717) is 0 Å². The maximum atomic E-state index is 8.88. The average Bonchev–Trinajstić information content (AvgIpc) is 1.12. The summed E-state index contributed by atoms with van der Waals surface area (Å²) in [6.45, 7) is 0. The Morgan fingerprint density at radius 3 is 0.700 bits per heavy atom. The molecule has 0 fully saturated rings. The van der Waals surface area contributed by atoms with E-state index in [-0.39, 0.29) is 1.43 Å². The Kier molecular flexibility index (Phi) is 5.36. The standard InChI is InChI=1S/2H3O4P.H/c2*1-5(2,3)4;/h2*(H3,1,2,3,4);/i;;1+1. The Morgan fingerprint density at radius 1 is 0.700 bits per heavy atom. The van der Waals surface area contributed by atoms with Gasteiger partial charge in [-0.15, -0.1) is 0 Å². The van der Waals surface area contributed by atoms with Crippen molar-refractivity contribution in [2.24, 2.45) is 0 Å². The second kappa shape index (κ2) is 4.17. The molecule has 1 radical (unpaired) electrons. The van der Waals surface area contributed by atoms with E-state index in [2.05, 4.69) is 0 Å². The molecule has 0 atom stereocenters. The Hall–Kier alpha value is 0.220. The van der Waals surface area contributed by atoms with Crippen LogP contribution in [0.1, 0.15) is 1.43 Å². The van der Waals surface area contributed by atoms with Gasteiger partial charge in [-0.3, -0.25) is 0 Å². The summed E-state index contributed by atoms with van der Waals surface area (Å²) in [6, 6.07) is 0. The van der Waals surface area contributed by atoms with Crippen molar-refractivity contribution in [2.75, 3.05) is 0 Å². The summed E-state index contributed by atoms with van der Waals surface area (Å²) in [7, 11) is -9.28. The van der Waals surface area contributed by atoms with E-state index in [1.165, 1.54) is 0 Å². The van der Waals surface area contributed by atoms with Crippen molar-refractivity contribution in [1.29, 1.82) is 0 Å². The SMILES string of the molecule is O=P(O)(O)O.O=P(O)(O)O.[2H]. The fourth-order valence-electron chi connectivity index (χ4n) is 0. The first-order valence-corrected chi connectivity index (χ1v) is 4.70. The lowest BCUT2D eigenvalue weighted by molar-refractivity contribution is 0.272. The van der Waals surface area contributed by atoms with Crippen molar-refractivity contribution < 1.29 is 39.9 Å². The van der Waals surface area contributed by atoms with Crippen LogP contribution in [0.5, 0.6) is 0 Å². The summed E-state index contributed by atoms with van der Waals surface area (Å²) in [5, 5.41) is 0. The van der Waals surface area contributed by atoms with Crippen LogP contribution >= 0.6 is 15.6 Å². The minimum absolute atomic E-state index is 0. The van der Waals surface area contributed by atoms with E-state index in [1.807, 2.05) is 0 Å². The predicted molar refractivity (Wildman–Crippen MR) is 29.6 cm³/mol. The van der Waals surface area contributed by atoms with Crippen LogP contribution in [0.2, 0.25) is 0 Å². The second-order valence-corrected chi connectivity index (χ2v) is 3.08. The molecule has 0 aliphatic carbocycles. The third-order valence-corrected chi connectivity index (χ3v) is 0. The van der Waals surface area contributed by atoms with Gasteiger partial charge in [0.05, 0.1) is 0 Å². The van der Waals surface area contributed by atoms with E-state index in [1.54, 1.807) is 0 Å². The lowest BCUT2D eigenvalue weighted by Gasteiger charge is -1.82. The Balaban J connectivity index is -0.000000107. The second-order valence-electron chi connectivity index (χ2n) is 1.03. The molecule has 0 aromatic rings. The Bertz CT molecular complexity index is 124. The van der Waals surface area contributed by atoms with Gasteiger partial charge in [-0.2, -0.15) is 0 Å². The van der Waals surface area contributed by atoms with Gasteiger partial charge in [0, 0.05) is 1.43 Å². The van der Waals surface area contributed by atoms with Gasteiger partial charge in [-0.05, 0) is 0 Å². The molecule has 6 N–H and O–H groups in total. The minimum Gasteiger partial charge on any atom is -0.303 e. The molecule has 0 heterocycles. The maximum Gasteiger partial charge on any atom is 0.466 e. The fraction of sp³-hybridized carbons (Fsp3) is 0. The predicted octanol–water partition coefficient (Wildman–Crippen LogP) is -1.74. The summed E-state index contributed by atoms with van der Waals surface area (Å²) >= 11 is 0. The molecule has 8 nitrogen and oxygen atoms in total. The largest absolute Gasteiger partial charge is 0.466 e. The minimum atomic E-state index is -4.64. The van der Waals surface area contributed by atoms with Crippen LogP contribution in [-0.4, -0.2) is 29.4 Å². The van der Waals surface area contributed by atoms with Gasteiger partial charge in [-0.25, -0.2) is 9.13 Å². The van der Waals surface area contributed by atoms with Crippen molar-refractivity contribution in [3.8, 4) is 0 Å². The lowest BCUT2D eigenvalue weighted by atomic mass is 15.8. The van der Waals surface area contributed by atoms with Gasteiger partial charge in [0.2, 0.25) is 0 Å². The normalized spacial score (nSPS) is 11.8. The number of rotatable bonds is 0. The first-order chi connectivity index (χ1) is 4.00. The zero-order chi connectivity index (χ0) is 9.00. The molecular weight excluding hydrogens is 190 g/mol. The van der Waals surface area contributed by atoms with Crippen molar-refractivity contribution in [2.45, 2.75) is 0 Å². The molecule has 65 valence electrons. The first-order valence-electron chi connectivity index (χ1n) is 1.57. The van der Waals surface area contributed by atoms with Crippen molar-refractivity contribution in [1.82, 2.24) is 0 Å². The van der Waals surface area contributed by atoms with Crippen LogP contribution in [0.25, 0.3) is 0 Å². The summed E-state index contributed by atoms with van der Waals surface area (Å²) < 4.78 is 17.8. The Morgan fingerprint density at radius 2 is 0.700 bits per heavy atom. The quantitative estimate of drug-likeness (QED) is 0.250. The number of phosphoric acid groups is 2. The monoisotopic (exact) mass is 198 g/mol. The summed E-state index contributed by atoms with van der Waals surface area (Å²) in [5.74, 6) is 0. The van der Waals surface area contributed by atoms with Crippen molar-refractivity contribution >= 4 is 15.6 Å². The van der Waals surface area contributed by atoms with E-state index in [0.717, 1.165) is 0 Å². The molecule has 0 spiro atoms. The molecule has 0 aliphatic rings. The van der Waals surface area contributed by atoms with Crippen LogP contribution in [0.3, 0.4) is 0 Å². The highest BCUT2D eigenvalue weighted by Crippen LogP contribution is 2.26. The molecule has 0 aromatic carbocycles. The zero-order valence-electron chi connectivity index (χ0n) is 5.39. The van der Waals surface area contributed by atoms with Crippen LogP contribution < -0.4 is 0 Å². The smallest absolute Gasteiger partial charge is 0.303 e. The summed E-state index contributed by atoms with van der Waals surface area (Å²) in [4.78, 5) is 43.1. The van der Waals surface area contributed by atoms with E-state index in [9.17, 15) is 0 Å². The molecule has 0 bridgehead atoms. The maximum absolute atomic E-state index is 8.88. The third kappa shape index (κ3) is 8850. The van der Waals surface area contributed by atoms with Gasteiger partial charge in [-0.1, -0.05) is 0 Å². The molecule has 0 saturated carbocycles. The fourth-order valence-corrected chi connectivity index (χ4v) is 0. The van der Waals surface area contributed by atoms with Crippen LogP contribution in [0, 0.1) is 0 Å². The molecule has 10 heteroatoms. The molecular formula is H7O8P2. The molecule has 0 aromatic heterocycles.